The maximum absolute atomic E-state index is 12.9. The Bertz CT molecular complexity index is 1090. The van der Waals surface area contributed by atoms with Crippen LogP contribution in [0.3, 0.4) is 0 Å². The lowest BCUT2D eigenvalue weighted by atomic mass is 10.2. The van der Waals surface area contributed by atoms with Crippen molar-refractivity contribution in [2.75, 3.05) is 32.1 Å². The third-order valence-corrected chi connectivity index (χ3v) is 8.08. The number of sulfonamides is 1. The summed E-state index contributed by atoms with van der Waals surface area (Å²) in [5.41, 5.74) is 0.448. The molecule has 0 spiro atoms. The van der Waals surface area contributed by atoms with Gasteiger partial charge in [-0.05, 0) is 31.0 Å². The number of carbonyl (C=O) groups excluding carboxylic acids is 2. The summed E-state index contributed by atoms with van der Waals surface area (Å²) in [6.07, 6.45) is 4.01. The van der Waals surface area contributed by atoms with Crippen LogP contribution in [-0.4, -0.2) is 73.0 Å². The molecule has 1 aromatic carbocycles. The van der Waals surface area contributed by atoms with Crippen molar-refractivity contribution in [2.45, 2.75) is 41.8 Å². The number of aromatic nitrogens is 2. The molecule has 0 atom stereocenters. The molecule has 3 amide bonds. The molecule has 178 valence electrons. The number of hydrogen-bond donors (Lipinski definition) is 2. The lowest BCUT2D eigenvalue weighted by molar-refractivity contribution is -0.117. The van der Waals surface area contributed by atoms with E-state index in [1.165, 1.54) is 16.4 Å². The zero-order valence-corrected chi connectivity index (χ0v) is 19.5. The SMILES string of the molecule is O=C(CSc1nnc(-c2cccc(S(=O)(=O)N3CCOCC3)c2)o1)NC(=O)NC1CCCC1. The van der Waals surface area contributed by atoms with Crippen molar-refractivity contribution in [2.24, 2.45) is 0 Å². The summed E-state index contributed by atoms with van der Waals surface area (Å²) >= 11 is 0.989. The summed E-state index contributed by atoms with van der Waals surface area (Å²) in [5.74, 6) is -0.421. The number of thioether (sulfide) groups is 1. The maximum Gasteiger partial charge on any atom is 0.321 e. The molecule has 2 fully saturated rings. The van der Waals surface area contributed by atoms with E-state index >= 15 is 0 Å². The van der Waals surface area contributed by atoms with Crippen molar-refractivity contribution >= 4 is 33.7 Å². The molecule has 1 aliphatic carbocycles. The Morgan fingerprint density at radius 1 is 1.15 bits per heavy atom. The van der Waals surface area contributed by atoms with E-state index in [2.05, 4.69) is 20.8 Å². The maximum atomic E-state index is 12.9. The van der Waals surface area contributed by atoms with Gasteiger partial charge in [-0.1, -0.05) is 30.7 Å². The van der Waals surface area contributed by atoms with Gasteiger partial charge in [-0.3, -0.25) is 10.1 Å². The number of ether oxygens (including phenoxy) is 1. The molecule has 2 heterocycles. The molecule has 11 nitrogen and oxygen atoms in total. The number of morpholine rings is 1. The fourth-order valence-corrected chi connectivity index (χ4v) is 5.71. The molecular weight excluding hydrogens is 470 g/mol. The highest BCUT2D eigenvalue weighted by molar-refractivity contribution is 7.99. The third-order valence-electron chi connectivity index (χ3n) is 5.37. The van der Waals surface area contributed by atoms with E-state index in [1.807, 2.05) is 0 Å². The van der Waals surface area contributed by atoms with E-state index in [9.17, 15) is 18.0 Å². The number of amides is 3. The molecule has 0 bridgehead atoms. The van der Waals surface area contributed by atoms with E-state index in [1.54, 1.807) is 12.1 Å². The number of nitrogens with one attached hydrogen (secondary N) is 2. The number of carbonyl (C=O) groups is 2. The highest BCUT2D eigenvalue weighted by atomic mass is 32.2. The van der Waals surface area contributed by atoms with E-state index < -0.39 is 22.0 Å². The van der Waals surface area contributed by atoms with Crippen LogP contribution in [0, 0.1) is 0 Å². The summed E-state index contributed by atoms with van der Waals surface area (Å²) in [6, 6.07) is 5.88. The van der Waals surface area contributed by atoms with Crippen molar-refractivity contribution in [1.82, 2.24) is 25.1 Å². The van der Waals surface area contributed by atoms with Crippen LogP contribution in [-0.2, 0) is 19.6 Å². The van der Waals surface area contributed by atoms with Crippen molar-refractivity contribution in [3.63, 3.8) is 0 Å². The van der Waals surface area contributed by atoms with E-state index in [-0.39, 0.29) is 27.8 Å². The van der Waals surface area contributed by atoms with Gasteiger partial charge >= 0.3 is 6.03 Å². The first kappa shape index (κ1) is 23.7. The summed E-state index contributed by atoms with van der Waals surface area (Å²) in [7, 11) is -3.66. The quantitative estimate of drug-likeness (QED) is 0.548. The van der Waals surface area contributed by atoms with Crippen LogP contribution < -0.4 is 10.6 Å². The Kier molecular flexibility index (Phi) is 7.63. The zero-order chi connectivity index (χ0) is 23.3. The molecule has 1 saturated carbocycles. The Morgan fingerprint density at radius 3 is 2.67 bits per heavy atom. The molecule has 4 rings (SSSR count). The lowest BCUT2D eigenvalue weighted by Crippen LogP contribution is -2.44. The van der Waals surface area contributed by atoms with Crippen LogP contribution in [0.2, 0.25) is 0 Å². The second-order valence-corrected chi connectivity index (χ2v) is 10.6. The van der Waals surface area contributed by atoms with Gasteiger partial charge in [0, 0.05) is 24.7 Å². The summed E-state index contributed by atoms with van der Waals surface area (Å²) < 4.78 is 37.9. The molecule has 0 unspecified atom stereocenters. The fraction of sp³-hybridized carbons (Fsp3) is 0.500. The molecule has 13 heteroatoms. The minimum atomic E-state index is -3.66. The summed E-state index contributed by atoms with van der Waals surface area (Å²) in [5, 5.41) is 13.1. The van der Waals surface area contributed by atoms with Gasteiger partial charge in [0.25, 0.3) is 5.22 Å². The predicted octanol–water partition coefficient (Wildman–Crippen LogP) is 1.62. The lowest BCUT2D eigenvalue weighted by Gasteiger charge is -2.26. The van der Waals surface area contributed by atoms with Crippen molar-refractivity contribution in [3.8, 4) is 11.5 Å². The van der Waals surface area contributed by atoms with Crippen LogP contribution in [0.25, 0.3) is 11.5 Å². The van der Waals surface area contributed by atoms with Gasteiger partial charge in [-0.2, -0.15) is 4.31 Å². The van der Waals surface area contributed by atoms with Gasteiger partial charge in [0.1, 0.15) is 0 Å². The largest absolute Gasteiger partial charge is 0.411 e. The van der Waals surface area contributed by atoms with E-state index in [0.717, 1.165) is 37.4 Å². The molecule has 2 aliphatic rings. The second kappa shape index (κ2) is 10.6. The first-order valence-corrected chi connectivity index (χ1v) is 13.1. The standard InChI is InChI=1S/C20H25N5O6S2/c26-17(22-19(27)21-15-5-1-2-6-15)13-32-20-24-23-18(31-20)14-4-3-7-16(12-14)33(28,29)25-8-10-30-11-9-25/h3-4,7,12,15H,1-2,5-6,8-11,13H2,(H2,21,22,26,27). The van der Waals surface area contributed by atoms with Crippen LogP contribution in [0.5, 0.6) is 0 Å². The number of urea groups is 1. The minimum absolute atomic E-state index is 0.0782. The van der Waals surface area contributed by atoms with Gasteiger partial charge in [0.05, 0.1) is 23.9 Å². The first-order valence-electron chi connectivity index (χ1n) is 10.7. The van der Waals surface area contributed by atoms with Crippen molar-refractivity contribution in [3.05, 3.63) is 24.3 Å². The van der Waals surface area contributed by atoms with Gasteiger partial charge in [-0.25, -0.2) is 13.2 Å². The highest BCUT2D eigenvalue weighted by Crippen LogP contribution is 2.26. The molecule has 2 N–H and O–H groups in total. The van der Waals surface area contributed by atoms with Crippen LogP contribution in [0.4, 0.5) is 4.79 Å². The smallest absolute Gasteiger partial charge is 0.321 e. The number of rotatable bonds is 7. The number of hydrogen-bond acceptors (Lipinski definition) is 9. The van der Waals surface area contributed by atoms with E-state index in [0.29, 0.717) is 31.9 Å². The normalized spacial score (nSPS) is 17.7. The average Bonchev–Trinajstić information content (AvgIpc) is 3.50. The minimum Gasteiger partial charge on any atom is -0.411 e. The summed E-state index contributed by atoms with van der Waals surface area (Å²) in [6.45, 7) is 1.32. The molecule has 33 heavy (non-hydrogen) atoms. The van der Waals surface area contributed by atoms with Crippen LogP contribution in [0.15, 0.2) is 38.8 Å². The topological polar surface area (TPSA) is 144 Å². The molecule has 0 radical (unpaired) electrons. The van der Waals surface area contributed by atoms with Crippen molar-refractivity contribution in [1.29, 1.82) is 0 Å². The van der Waals surface area contributed by atoms with Gasteiger partial charge in [0.15, 0.2) is 0 Å². The molecular formula is C20H25N5O6S2. The van der Waals surface area contributed by atoms with Crippen LogP contribution >= 0.6 is 11.8 Å². The monoisotopic (exact) mass is 495 g/mol. The molecule has 2 aromatic rings. The van der Waals surface area contributed by atoms with Gasteiger partial charge < -0.3 is 14.5 Å². The predicted molar refractivity (Wildman–Crippen MR) is 119 cm³/mol. The molecule has 1 aromatic heterocycles. The van der Waals surface area contributed by atoms with E-state index in [4.69, 9.17) is 9.15 Å². The van der Waals surface area contributed by atoms with Gasteiger partial charge in [-0.15, -0.1) is 10.2 Å². The van der Waals surface area contributed by atoms with Gasteiger partial charge in [0.2, 0.25) is 21.8 Å². The Morgan fingerprint density at radius 2 is 1.91 bits per heavy atom. The number of imide groups is 1. The first-order chi connectivity index (χ1) is 15.9. The summed E-state index contributed by atoms with van der Waals surface area (Å²) in [4.78, 5) is 24.0. The molecule has 1 saturated heterocycles. The third kappa shape index (κ3) is 6.10. The average molecular weight is 496 g/mol. The van der Waals surface area contributed by atoms with Crippen LogP contribution in [0.1, 0.15) is 25.7 Å². The number of benzene rings is 1. The Labute approximate surface area is 195 Å². The second-order valence-electron chi connectivity index (χ2n) is 7.71. The van der Waals surface area contributed by atoms with Crippen molar-refractivity contribution < 1.29 is 27.2 Å². The Hall–Kier alpha value is -2.48. The highest BCUT2D eigenvalue weighted by Gasteiger charge is 2.27. The fourth-order valence-electron chi connectivity index (χ4n) is 3.69. The number of nitrogens with zero attached hydrogens (tertiary/aromatic N) is 3. The zero-order valence-electron chi connectivity index (χ0n) is 17.9. The Balaban J connectivity index is 1.34. The molecule has 1 aliphatic heterocycles.